The van der Waals surface area contributed by atoms with E-state index in [2.05, 4.69) is 5.32 Å². The normalized spacial score (nSPS) is 10.7. The Labute approximate surface area is 134 Å². The molecule has 0 heterocycles. The van der Waals surface area contributed by atoms with Gasteiger partial charge in [-0.1, -0.05) is 29.8 Å². The minimum absolute atomic E-state index is 0.00205. The molecule has 0 aromatic heterocycles. The zero-order valence-electron chi connectivity index (χ0n) is 13.3. The average Bonchev–Trinajstić information content (AvgIpc) is 2.49. The van der Waals surface area contributed by atoms with Gasteiger partial charge in [-0.05, 0) is 43.5 Å². The van der Waals surface area contributed by atoms with E-state index < -0.39 is 4.92 Å². The van der Waals surface area contributed by atoms with Crippen molar-refractivity contribution in [1.82, 2.24) is 0 Å². The van der Waals surface area contributed by atoms with Crippen molar-refractivity contribution in [1.29, 1.82) is 0 Å². The predicted octanol–water partition coefficient (Wildman–Crippen LogP) is 4.17. The molecule has 118 valence electrons. The van der Waals surface area contributed by atoms with Crippen LogP contribution >= 0.6 is 0 Å². The van der Waals surface area contributed by atoms with Gasteiger partial charge in [0, 0.05) is 23.9 Å². The Morgan fingerprint density at radius 3 is 2.39 bits per heavy atom. The van der Waals surface area contributed by atoms with Gasteiger partial charge >= 0.3 is 0 Å². The van der Waals surface area contributed by atoms with Crippen LogP contribution in [0.15, 0.2) is 42.5 Å². The Morgan fingerprint density at radius 1 is 1.13 bits per heavy atom. The van der Waals surface area contributed by atoms with Crippen LogP contribution in [0.25, 0.3) is 6.08 Å². The Hall–Kier alpha value is -2.95. The number of carbonyl (C=O) groups excluding carboxylic acids is 1. The summed E-state index contributed by atoms with van der Waals surface area (Å²) in [6, 6.07) is 10.1. The molecule has 0 spiro atoms. The van der Waals surface area contributed by atoms with Crippen LogP contribution < -0.4 is 5.32 Å². The van der Waals surface area contributed by atoms with E-state index in [0.29, 0.717) is 5.56 Å². The number of hydrogen-bond acceptors (Lipinski definition) is 3. The number of nitrogens with zero attached hydrogens (tertiary/aromatic N) is 1. The van der Waals surface area contributed by atoms with Gasteiger partial charge in [0.05, 0.1) is 4.92 Å². The topological polar surface area (TPSA) is 72.2 Å². The minimum Gasteiger partial charge on any atom is -0.322 e. The van der Waals surface area contributed by atoms with E-state index in [1.165, 1.54) is 18.2 Å². The summed E-state index contributed by atoms with van der Waals surface area (Å²) >= 11 is 0. The van der Waals surface area contributed by atoms with Gasteiger partial charge < -0.3 is 5.32 Å². The van der Waals surface area contributed by atoms with Crippen molar-refractivity contribution in [2.24, 2.45) is 0 Å². The number of nitro benzene ring substituents is 1. The average molecular weight is 310 g/mol. The largest absolute Gasteiger partial charge is 0.322 e. The number of nitrogens with one attached hydrogen (secondary N) is 1. The number of nitro groups is 1. The Bertz CT molecular complexity index is 772. The summed E-state index contributed by atoms with van der Waals surface area (Å²) in [5.74, 6) is -0.272. The first-order valence-corrected chi connectivity index (χ1v) is 7.18. The fourth-order valence-corrected chi connectivity index (χ4v) is 2.46. The van der Waals surface area contributed by atoms with Crippen molar-refractivity contribution in [3.63, 3.8) is 0 Å². The standard InChI is InChI=1S/C18H18N2O3/c1-12-9-13(2)18(14(3)10-12)19-17(21)8-7-15-5-4-6-16(11-15)20(22)23/h4-11H,1-3H3,(H,19,21)/b8-7+. The highest BCUT2D eigenvalue weighted by atomic mass is 16.6. The highest BCUT2D eigenvalue weighted by Crippen LogP contribution is 2.22. The number of rotatable bonds is 4. The molecule has 2 rings (SSSR count). The molecule has 5 heteroatoms. The van der Waals surface area contributed by atoms with Gasteiger partial charge in [-0.25, -0.2) is 0 Å². The number of aryl methyl sites for hydroxylation is 3. The van der Waals surface area contributed by atoms with E-state index in [0.717, 1.165) is 22.4 Å². The molecule has 0 aliphatic heterocycles. The number of carbonyl (C=O) groups is 1. The first kappa shape index (κ1) is 16.4. The molecule has 0 saturated carbocycles. The molecule has 0 fully saturated rings. The predicted molar refractivity (Wildman–Crippen MR) is 91.4 cm³/mol. The van der Waals surface area contributed by atoms with Gasteiger partial charge in [-0.15, -0.1) is 0 Å². The molecule has 1 amide bonds. The first-order chi connectivity index (χ1) is 10.9. The molecule has 0 atom stereocenters. The van der Waals surface area contributed by atoms with Crippen molar-refractivity contribution in [3.05, 3.63) is 74.8 Å². The maximum absolute atomic E-state index is 12.1. The third-order valence-corrected chi connectivity index (χ3v) is 3.43. The number of amides is 1. The number of non-ortho nitro benzene ring substituents is 1. The summed E-state index contributed by atoms with van der Waals surface area (Å²) in [5.41, 5.74) is 4.54. The lowest BCUT2D eigenvalue weighted by Gasteiger charge is -2.11. The SMILES string of the molecule is Cc1cc(C)c(NC(=O)/C=C/c2cccc([N+](=O)[O-])c2)c(C)c1. The van der Waals surface area contributed by atoms with E-state index in [9.17, 15) is 14.9 Å². The van der Waals surface area contributed by atoms with Crippen LogP contribution in [0.5, 0.6) is 0 Å². The smallest absolute Gasteiger partial charge is 0.270 e. The summed E-state index contributed by atoms with van der Waals surface area (Å²) in [4.78, 5) is 22.3. The van der Waals surface area contributed by atoms with Gasteiger partial charge in [0.25, 0.3) is 5.69 Å². The van der Waals surface area contributed by atoms with Crippen LogP contribution in [0.4, 0.5) is 11.4 Å². The summed E-state index contributed by atoms with van der Waals surface area (Å²) in [7, 11) is 0. The van der Waals surface area contributed by atoms with Crippen LogP contribution in [-0.2, 0) is 4.79 Å². The fraction of sp³-hybridized carbons (Fsp3) is 0.167. The second-order valence-corrected chi connectivity index (χ2v) is 5.45. The third kappa shape index (κ3) is 4.26. The van der Waals surface area contributed by atoms with E-state index in [1.54, 1.807) is 18.2 Å². The molecule has 0 saturated heterocycles. The van der Waals surface area contributed by atoms with Crippen LogP contribution in [-0.4, -0.2) is 10.8 Å². The lowest BCUT2D eigenvalue weighted by Crippen LogP contribution is -2.10. The van der Waals surface area contributed by atoms with E-state index in [-0.39, 0.29) is 11.6 Å². The monoisotopic (exact) mass is 310 g/mol. The summed E-state index contributed by atoms with van der Waals surface area (Å²) in [6.07, 6.45) is 2.93. The minimum atomic E-state index is -0.462. The lowest BCUT2D eigenvalue weighted by atomic mass is 10.1. The van der Waals surface area contributed by atoms with Crippen LogP contribution in [0.3, 0.4) is 0 Å². The van der Waals surface area contributed by atoms with Gasteiger partial charge in [0.15, 0.2) is 0 Å². The second kappa shape index (κ2) is 6.87. The molecule has 0 aliphatic carbocycles. The molecule has 2 aromatic rings. The first-order valence-electron chi connectivity index (χ1n) is 7.18. The number of benzene rings is 2. The van der Waals surface area contributed by atoms with E-state index >= 15 is 0 Å². The van der Waals surface area contributed by atoms with Crippen molar-refractivity contribution >= 4 is 23.4 Å². The van der Waals surface area contributed by atoms with Crippen molar-refractivity contribution in [2.75, 3.05) is 5.32 Å². The summed E-state index contributed by atoms with van der Waals surface area (Å²) in [6.45, 7) is 5.90. The van der Waals surface area contributed by atoms with E-state index in [4.69, 9.17) is 0 Å². The van der Waals surface area contributed by atoms with Crippen LogP contribution in [0.2, 0.25) is 0 Å². The maximum atomic E-state index is 12.1. The van der Waals surface area contributed by atoms with Gasteiger partial charge in [-0.3, -0.25) is 14.9 Å². The summed E-state index contributed by atoms with van der Waals surface area (Å²) < 4.78 is 0. The van der Waals surface area contributed by atoms with Gasteiger partial charge in [0.1, 0.15) is 0 Å². The highest BCUT2D eigenvalue weighted by molar-refractivity contribution is 6.02. The molecule has 1 N–H and O–H groups in total. The van der Waals surface area contributed by atoms with Crippen molar-refractivity contribution in [2.45, 2.75) is 20.8 Å². The lowest BCUT2D eigenvalue weighted by molar-refractivity contribution is -0.384. The van der Waals surface area contributed by atoms with Crippen molar-refractivity contribution in [3.8, 4) is 0 Å². The molecule has 0 aliphatic rings. The molecule has 5 nitrogen and oxygen atoms in total. The zero-order chi connectivity index (χ0) is 17.0. The van der Waals surface area contributed by atoms with Crippen LogP contribution in [0.1, 0.15) is 22.3 Å². The Morgan fingerprint density at radius 2 is 1.78 bits per heavy atom. The molecular formula is C18H18N2O3. The zero-order valence-corrected chi connectivity index (χ0v) is 13.3. The number of anilines is 1. The molecule has 23 heavy (non-hydrogen) atoms. The van der Waals surface area contributed by atoms with Crippen LogP contribution in [0, 0.1) is 30.9 Å². The van der Waals surface area contributed by atoms with Gasteiger partial charge in [0.2, 0.25) is 5.91 Å². The quantitative estimate of drug-likeness (QED) is 0.523. The molecule has 0 radical (unpaired) electrons. The molecule has 0 unspecified atom stereocenters. The maximum Gasteiger partial charge on any atom is 0.270 e. The van der Waals surface area contributed by atoms with Crippen molar-refractivity contribution < 1.29 is 9.72 Å². The third-order valence-electron chi connectivity index (χ3n) is 3.43. The molecule has 2 aromatic carbocycles. The fourth-order valence-electron chi connectivity index (χ4n) is 2.46. The Balaban J connectivity index is 2.14. The molecular weight excluding hydrogens is 292 g/mol. The Kier molecular flexibility index (Phi) is 4.91. The summed E-state index contributed by atoms with van der Waals surface area (Å²) in [5, 5.41) is 13.6. The number of hydrogen-bond donors (Lipinski definition) is 1. The van der Waals surface area contributed by atoms with E-state index in [1.807, 2.05) is 32.9 Å². The second-order valence-electron chi connectivity index (χ2n) is 5.45. The van der Waals surface area contributed by atoms with Gasteiger partial charge in [-0.2, -0.15) is 0 Å². The molecule has 0 bridgehead atoms. The highest BCUT2D eigenvalue weighted by Gasteiger charge is 2.07.